The molecule has 0 aliphatic heterocycles. The van der Waals surface area contributed by atoms with E-state index in [1.165, 1.54) is 30.5 Å². The van der Waals surface area contributed by atoms with Gasteiger partial charge in [-0.2, -0.15) is 4.68 Å². The highest BCUT2D eigenvalue weighted by Crippen LogP contribution is 2.16. The summed E-state index contributed by atoms with van der Waals surface area (Å²) in [5.41, 5.74) is 0.389. The van der Waals surface area contributed by atoms with Gasteiger partial charge in [0, 0.05) is 11.9 Å². The van der Waals surface area contributed by atoms with Crippen LogP contribution < -0.4 is 11.1 Å². The number of aromatic nitrogens is 2. The maximum absolute atomic E-state index is 12.0. The minimum absolute atomic E-state index is 0.0275. The predicted octanol–water partition coefficient (Wildman–Crippen LogP) is 1.14. The van der Waals surface area contributed by atoms with E-state index in [1.54, 1.807) is 12.1 Å². The smallest absolute Gasteiger partial charge is 0.437 e. The molecule has 0 aliphatic rings. The van der Waals surface area contributed by atoms with Gasteiger partial charge in [-0.25, -0.2) is 13.2 Å². The molecular formula is C15H13N3O6S. The maximum Gasteiger partial charge on any atom is 0.437 e. The Hall–Kier alpha value is -3.14. The monoisotopic (exact) mass is 363 g/mol. The number of rotatable bonds is 5. The second kappa shape index (κ2) is 6.40. The highest BCUT2D eigenvalue weighted by molar-refractivity contribution is 7.90. The highest BCUT2D eigenvalue weighted by atomic mass is 32.2. The molecule has 2 heterocycles. The van der Waals surface area contributed by atoms with Crippen LogP contribution in [0.25, 0.3) is 11.7 Å². The first kappa shape index (κ1) is 16.7. The molecule has 1 amide bonds. The SMILES string of the molecule is CS(=O)(=O)c1ccc(NC(=O)Cn2nc(-c3ccco3)oc2=O)cc1. The summed E-state index contributed by atoms with van der Waals surface area (Å²) < 4.78 is 33.6. The van der Waals surface area contributed by atoms with Gasteiger partial charge in [0.1, 0.15) is 6.54 Å². The molecule has 0 aliphatic carbocycles. The van der Waals surface area contributed by atoms with Gasteiger partial charge in [-0.1, -0.05) is 0 Å². The first-order valence-electron chi connectivity index (χ1n) is 7.05. The van der Waals surface area contributed by atoms with Gasteiger partial charge in [-0.05, 0) is 36.4 Å². The lowest BCUT2D eigenvalue weighted by molar-refractivity contribution is -0.117. The van der Waals surface area contributed by atoms with Crippen LogP contribution in [-0.4, -0.2) is 30.4 Å². The van der Waals surface area contributed by atoms with Crippen molar-refractivity contribution in [3.05, 3.63) is 53.2 Å². The Bertz CT molecular complexity index is 1050. The molecule has 3 rings (SSSR count). The van der Waals surface area contributed by atoms with Crippen molar-refractivity contribution in [1.29, 1.82) is 0 Å². The molecule has 1 N–H and O–H groups in total. The fraction of sp³-hybridized carbons (Fsp3) is 0.133. The lowest BCUT2D eigenvalue weighted by Crippen LogP contribution is -2.25. The van der Waals surface area contributed by atoms with Crippen molar-refractivity contribution in [3.8, 4) is 11.7 Å². The zero-order valence-corrected chi connectivity index (χ0v) is 13.8. The van der Waals surface area contributed by atoms with Crippen LogP contribution in [0, 0.1) is 0 Å². The first-order valence-corrected chi connectivity index (χ1v) is 8.94. The summed E-state index contributed by atoms with van der Waals surface area (Å²) >= 11 is 0. The van der Waals surface area contributed by atoms with Crippen LogP contribution in [0.1, 0.15) is 0 Å². The van der Waals surface area contributed by atoms with Crippen LogP contribution in [0.2, 0.25) is 0 Å². The first-order chi connectivity index (χ1) is 11.8. The van der Waals surface area contributed by atoms with Gasteiger partial charge in [0.05, 0.1) is 11.2 Å². The van der Waals surface area contributed by atoms with E-state index < -0.39 is 21.5 Å². The number of amides is 1. The summed E-state index contributed by atoms with van der Waals surface area (Å²) in [6, 6.07) is 8.84. The van der Waals surface area contributed by atoms with E-state index in [-0.39, 0.29) is 23.1 Å². The second-order valence-corrected chi connectivity index (χ2v) is 7.17. The molecule has 0 unspecified atom stereocenters. The number of hydrogen-bond donors (Lipinski definition) is 1. The van der Waals surface area contributed by atoms with E-state index in [2.05, 4.69) is 10.4 Å². The third kappa shape index (κ3) is 3.86. The van der Waals surface area contributed by atoms with Gasteiger partial charge in [0.15, 0.2) is 15.6 Å². The Morgan fingerprint density at radius 2 is 1.96 bits per heavy atom. The number of carbonyl (C=O) groups excluding carboxylic acids is 1. The van der Waals surface area contributed by atoms with Crippen LogP contribution in [-0.2, 0) is 21.2 Å². The number of sulfone groups is 1. The summed E-state index contributed by atoms with van der Waals surface area (Å²) in [5, 5.41) is 6.43. The molecule has 1 aromatic carbocycles. The highest BCUT2D eigenvalue weighted by Gasteiger charge is 2.15. The number of nitrogens with zero attached hydrogens (tertiary/aromatic N) is 2. The molecule has 2 aromatic heterocycles. The summed E-state index contributed by atoms with van der Waals surface area (Å²) in [6.45, 7) is -0.364. The Balaban J connectivity index is 1.70. The van der Waals surface area contributed by atoms with Crippen LogP contribution in [0.5, 0.6) is 0 Å². The summed E-state index contributed by atoms with van der Waals surface area (Å²) in [4.78, 5) is 23.9. The standard InChI is InChI=1S/C15H13N3O6S/c1-25(21,22)11-6-4-10(5-7-11)16-13(19)9-18-15(20)24-14(17-18)12-3-2-8-23-12/h2-8H,9H2,1H3,(H,16,19). The molecule has 10 heteroatoms. The van der Waals surface area contributed by atoms with Crippen molar-refractivity contribution in [2.45, 2.75) is 11.4 Å². The zero-order valence-electron chi connectivity index (χ0n) is 13.0. The largest absolute Gasteiger partial charge is 0.459 e. The average Bonchev–Trinajstić information content (AvgIpc) is 3.17. The molecule has 25 heavy (non-hydrogen) atoms. The molecule has 0 saturated heterocycles. The summed E-state index contributed by atoms with van der Waals surface area (Å²) in [7, 11) is -3.31. The van der Waals surface area contributed by atoms with Crippen LogP contribution in [0.3, 0.4) is 0 Å². The zero-order chi connectivity index (χ0) is 18.0. The minimum Gasteiger partial charge on any atom is -0.459 e. The van der Waals surface area contributed by atoms with Crippen LogP contribution in [0.15, 0.2) is 61.2 Å². The van der Waals surface area contributed by atoms with E-state index in [1.807, 2.05) is 0 Å². The van der Waals surface area contributed by atoms with E-state index in [0.717, 1.165) is 10.9 Å². The Morgan fingerprint density at radius 1 is 1.24 bits per heavy atom. The number of benzene rings is 1. The van der Waals surface area contributed by atoms with E-state index >= 15 is 0 Å². The molecule has 0 bridgehead atoms. The van der Waals surface area contributed by atoms with Gasteiger partial charge in [-0.3, -0.25) is 4.79 Å². The lowest BCUT2D eigenvalue weighted by Gasteiger charge is -2.05. The average molecular weight is 363 g/mol. The number of anilines is 1. The lowest BCUT2D eigenvalue weighted by atomic mass is 10.3. The fourth-order valence-corrected chi connectivity index (χ4v) is 2.66. The molecule has 130 valence electrons. The quantitative estimate of drug-likeness (QED) is 0.720. The minimum atomic E-state index is -3.31. The van der Waals surface area contributed by atoms with Crippen molar-refractivity contribution in [3.63, 3.8) is 0 Å². The van der Waals surface area contributed by atoms with E-state index in [4.69, 9.17) is 8.83 Å². The predicted molar refractivity (Wildman–Crippen MR) is 86.6 cm³/mol. The number of nitrogens with one attached hydrogen (secondary N) is 1. The van der Waals surface area contributed by atoms with Gasteiger partial charge >= 0.3 is 5.76 Å². The molecule has 9 nitrogen and oxygen atoms in total. The van der Waals surface area contributed by atoms with Crippen molar-refractivity contribution < 1.29 is 22.0 Å². The van der Waals surface area contributed by atoms with Crippen molar-refractivity contribution in [1.82, 2.24) is 9.78 Å². The normalized spacial score (nSPS) is 11.4. The van der Waals surface area contributed by atoms with Crippen molar-refractivity contribution >= 4 is 21.4 Å². The third-order valence-electron chi connectivity index (χ3n) is 3.20. The number of carbonyl (C=O) groups is 1. The molecule has 0 saturated carbocycles. The van der Waals surface area contributed by atoms with E-state index in [0.29, 0.717) is 5.69 Å². The second-order valence-electron chi connectivity index (χ2n) is 5.15. The molecule has 0 fully saturated rings. The van der Waals surface area contributed by atoms with Crippen molar-refractivity contribution in [2.75, 3.05) is 11.6 Å². The van der Waals surface area contributed by atoms with Crippen LogP contribution >= 0.6 is 0 Å². The molecule has 0 spiro atoms. The van der Waals surface area contributed by atoms with E-state index in [9.17, 15) is 18.0 Å². The van der Waals surface area contributed by atoms with Crippen LogP contribution in [0.4, 0.5) is 5.69 Å². The summed E-state index contributed by atoms with van der Waals surface area (Å²) in [6.07, 6.45) is 2.50. The molecule has 0 radical (unpaired) electrons. The Labute approximate surface area is 141 Å². The Morgan fingerprint density at radius 3 is 2.56 bits per heavy atom. The van der Waals surface area contributed by atoms with Gasteiger partial charge in [0.2, 0.25) is 5.91 Å². The van der Waals surface area contributed by atoms with Crippen molar-refractivity contribution in [2.24, 2.45) is 0 Å². The fourth-order valence-electron chi connectivity index (χ4n) is 2.03. The number of furan rings is 1. The third-order valence-corrected chi connectivity index (χ3v) is 4.33. The van der Waals surface area contributed by atoms with Gasteiger partial charge in [-0.15, -0.1) is 5.10 Å². The Kier molecular flexibility index (Phi) is 4.28. The molecule has 0 atom stereocenters. The topological polar surface area (TPSA) is 124 Å². The number of hydrogen-bond acceptors (Lipinski definition) is 7. The molecular weight excluding hydrogens is 350 g/mol. The molecule has 3 aromatic rings. The van der Waals surface area contributed by atoms with Gasteiger partial charge in [0.25, 0.3) is 5.89 Å². The summed E-state index contributed by atoms with van der Waals surface area (Å²) in [5.74, 6) is -1.07. The van der Waals surface area contributed by atoms with Gasteiger partial charge < -0.3 is 14.2 Å². The maximum atomic E-state index is 12.0.